The van der Waals surface area contributed by atoms with Crippen LogP contribution in [0, 0.1) is 0 Å². The number of methoxy groups -OCH3 is 2. The van der Waals surface area contributed by atoms with Crippen LogP contribution in [0.15, 0.2) is 24.3 Å². The molecule has 2 aromatic rings. The third-order valence-electron chi connectivity index (χ3n) is 3.01. The van der Waals surface area contributed by atoms with Gasteiger partial charge in [0.05, 0.1) is 14.2 Å². The first kappa shape index (κ1) is 21.6. The second-order valence-electron chi connectivity index (χ2n) is 4.76. The number of para-hydroxylation sites is 1. The quantitative estimate of drug-likeness (QED) is 0.419. The Morgan fingerprint density at radius 3 is 1.88 bits per heavy atom. The molecular formula is C15H11Cl6N3O2. The van der Waals surface area contributed by atoms with Crippen LogP contribution in [0.2, 0.25) is 0 Å². The van der Waals surface area contributed by atoms with E-state index in [1.165, 1.54) is 7.11 Å². The highest BCUT2D eigenvalue weighted by Crippen LogP contribution is 2.40. The first-order valence-corrected chi connectivity index (χ1v) is 9.12. The van der Waals surface area contributed by atoms with Crippen molar-refractivity contribution in [3.05, 3.63) is 47.3 Å². The van der Waals surface area contributed by atoms with Crippen molar-refractivity contribution in [2.75, 3.05) is 14.2 Å². The number of hydrogen-bond donors (Lipinski definition) is 0. The number of halogens is 6. The van der Waals surface area contributed by atoms with Gasteiger partial charge in [-0.05, 0) is 12.1 Å². The van der Waals surface area contributed by atoms with E-state index in [0.29, 0.717) is 11.3 Å². The highest BCUT2D eigenvalue weighted by Gasteiger charge is 2.34. The van der Waals surface area contributed by atoms with Crippen molar-refractivity contribution in [1.29, 1.82) is 0 Å². The average Bonchev–Trinajstić information content (AvgIpc) is 2.58. The Labute approximate surface area is 180 Å². The summed E-state index contributed by atoms with van der Waals surface area (Å²) in [7, 11) is 2.97. The number of rotatable bonds is 4. The minimum Gasteiger partial charge on any atom is -0.496 e. The monoisotopic (exact) mass is 475 g/mol. The van der Waals surface area contributed by atoms with Gasteiger partial charge in [0.15, 0.2) is 23.2 Å². The second-order valence-corrected chi connectivity index (χ2v) is 9.32. The number of nitrogens with zero attached hydrogens (tertiary/aromatic N) is 3. The number of alkyl halides is 6. The lowest BCUT2D eigenvalue weighted by molar-refractivity contribution is 0.367. The molecule has 0 radical (unpaired) electrons. The van der Waals surface area contributed by atoms with Crippen molar-refractivity contribution in [2.24, 2.45) is 0 Å². The van der Waals surface area contributed by atoms with Gasteiger partial charge in [0.25, 0.3) is 0 Å². The van der Waals surface area contributed by atoms with Crippen LogP contribution in [0.5, 0.6) is 5.75 Å². The van der Waals surface area contributed by atoms with Crippen molar-refractivity contribution < 1.29 is 9.47 Å². The maximum absolute atomic E-state index is 5.88. The fourth-order valence-corrected chi connectivity index (χ4v) is 2.39. The van der Waals surface area contributed by atoms with Crippen LogP contribution >= 0.6 is 69.6 Å². The van der Waals surface area contributed by atoms with Crippen LogP contribution < -0.4 is 4.74 Å². The number of benzene rings is 1. The molecule has 0 aliphatic heterocycles. The molecule has 0 saturated carbocycles. The topological polar surface area (TPSA) is 57.1 Å². The van der Waals surface area contributed by atoms with Gasteiger partial charge >= 0.3 is 0 Å². The summed E-state index contributed by atoms with van der Waals surface area (Å²) in [6.07, 6.45) is 1.64. The van der Waals surface area contributed by atoms with E-state index in [9.17, 15) is 0 Å². The largest absolute Gasteiger partial charge is 0.496 e. The molecule has 1 heterocycles. The van der Waals surface area contributed by atoms with Crippen LogP contribution in [0.25, 0.3) is 11.8 Å². The van der Waals surface area contributed by atoms with Gasteiger partial charge in [0.2, 0.25) is 7.59 Å². The summed E-state index contributed by atoms with van der Waals surface area (Å²) < 4.78 is 6.77. The molecule has 0 unspecified atom stereocenters. The Hall–Kier alpha value is -0.690. The summed E-state index contributed by atoms with van der Waals surface area (Å²) in [5.74, 6) is 0.437. The molecule has 0 aliphatic carbocycles. The zero-order valence-corrected chi connectivity index (χ0v) is 17.8. The third-order valence-corrected chi connectivity index (χ3v) is 4.02. The van der Waals surface area contributed by atoms with E-state index in [2.05, 4.69) is 15.0 Å². The molecule has 0 spiro atoms. The summed E-state index contributed by atoms with van der Waals surface area (Å²) >= 11 is 35.3. The zero-order valence-electron chi connectivity index (χ0n) is 13.3. The van der Waals surface area contributed by atoms with Crippen LogP contribution in [0.4, 0.5) is 0 Å². The molecule has 11 heteroatoms. The fraction of sp³-hybridized carbons (Fsp3) is 0.267. The molecule has 0 fully saturated rings. The van der Waals surface area contributed by atoms with Gasteiger partial charge in [0, 0.05) is 5.56 Å². The molecule has 5 nitrogen and oxygen atoms in total. The molecular weight excluding hydrogens is 467 g/mol. The Balaban J connectivity index is 2.65. The van der Waals surface area contributed by atoms with E-state index in [1.54, 1.807) is 19.3 Å². The van der Waals surface area contributed by atoms with Gasteiger partial charge in [-0.1, -0.05) is 87.8 Å². The average molecular weight is 478 g/mol. The predicted octanol–water partition coefficient (Wildman–Crippen LogP) is 5.68. The minimum atomic E-state index is -1.95. The Bertz CT molecular complexity index is 786. The normalized spacial score (nSPS) is 12.8. The molecule has 140 valence electrons. The zero-order chi connectivity index (χ0) is 19.5. The molecule has 0 bridgehead atoms. The smallest absolute Gasteiger partial charge is 0.250 e. The highest BCUT2D eigenvalue weighted by atomic mass is 35.6. The van der Waals surface area contributed by atoms with Crippen molar-refractivity contribution >= 4 is 81.4 Å². The highest BCUT2D eigenvalue weighted by molar-refractivity contribution is 6.67. The van der Waals surface area contributed by atoms with Crippen LogP contribution in [-0.4, -0.2) is 29.2 Å². The van der Waals surface area contributed by atoms with Gasteiger partial charge < -0.3 is 9.47 Å². The Morgan fingerprint density at radius 2 is 1.42 bits per heavy atom. The van der Waals surface area contributed by atoms with Crippen molar-refractivity contribution in [1.82, 2.24) is 15.0 Å². The minimum absolute atomic E-state index is 0.0241. The lowest BCUT2D eigenvalue weighted by Crippen LogP contribution is -2.18. The van der Waals surface area contributed by atoms with Gasteiger partial charge in [-0.15, -0.1) is 0 Å². The van der Waals surface area contributed by atoms with E-state index >= 15 is 0 Å². The lowest BCUT2D eigenvalue weighted by atomic mass is 10.1. The van der Waals surface area contributed by atoms with E-state index in [0.717, 1.165) is 0 Å². The first-order chi connectivity index (χ1) is 12.1. The van der Waals surface area contributed by atoms with Gasteiger partial charge in [-0.2, -0.15) is 0 Å². The number of ether oxygens (including phenoxy) is 2. The third kappa shape index (κ3) is 5.41. The first-order valence-electron chi connectivity index (χ1n) is 6.85. The Kier molecular flexibility index (Phi) is 7.10. The lowest BCUT2D eigenvalue weighted by Gasteiger charge is -2.16. The van der Waals surface area contributed by atoms with E-state index in [4.69, 9.17) is 79.1 Å². The van der Waals surface area contributed by atoms with Gasteiger partial charge in [-0.3, -0.25) is 0 Å². The fourth-order valence-electron chi connectivity index (χ4n) is 1.88. The molecule has 26 heavy (non-hydrogen) atoms. The van der Waals surface area contributed by atoms with E-state index in [1.807, 2.05) is 18.2 Å². The summed E-state index contributed by atoms with van der Waals surface area (Å²) in [5, 5.41) is 0. The number of hydrogen-bond acceptors (Lipinski definition) is 5. The molecule has 0 atom stereocenters. The maximum atomic E-state index is 5.88. The van der Waals surface area contributed by atoms with Gasteiger partial charge in [-0.25, -0.2) is 15.0 Å². The molecule has 2 rings (SSSR count). The van der Waals surface area contributed by atoms with Crippen molar-refractivity contribution in [3.63, 3.8) is 0 Å². The molecule has 1 aromatic heterocycles. The van der Waals surface area contributed by atoms with Crippen LogP contribution in [0.1, 0.15) is 23.0 Å². The van der Waals surface area contributed by atoms with Crippen molar-refractivity contribution in [2.45, 2.75) is 7.59 Å². The van der Waals surface area contributed by atoms with Crippen LogP contribution in [0.3, 0.4) is 0 Å². The van der Waals surface area contributed by atoms with Crippen molar-refractivity contribution in [3.8, 4) is 5.75 Å². The molecule has 0 saturated heterocycles. The van der Waals surface area contributed by atoms with E-state index in [-0.39, 0.29) is 23.2 Å². The van der Waals surface area contributed by atoms with Crippen LogP contribution in [-0.2, 0) is 12.3 Å². The predicted molar refractivity (Wildman–Crippen MR) is 106 cm³/mol. The Morgan fingerprint density at radius 1 is 0.885 bits per heavy atom. The molecule has 0 N–H and O–H groups in total. The summed E-state index contributed by atoms with van der Waals surface area (Å²) in [5.41, 5.74) is 0.707. The molecule has 0 aliphatic rings. The summed E-state index contributed by atoms with van der Waals surface area (Å²) in [6.45, 7) is 0. The SMILES string of the molecule is COC(=Cc1ccccc1OC)c1nc(C(Cl)(Cl)Cl)nc(C(Cl)(Cl)Cl)n1. The van der Waals surface area contributed by atoms with Gasteiger partial charge in [0.1, 0.15) is 5.75 Å². The molecule has 1 aromatic carbocycles. The molecule has 0 amide bonds. The van der Waals surface area contributed by atoms with E-state index < -0.39 is 7.59 Å². The summed E-state index contributed by atoms with van der Waals surface area (Å²) in [6, 6.07) is 7.25. The standard InChI is InChI=1S/C15H11Cl6N3O2/c1-25-9-6-4-3-5-8(9)7-10(26-2)11-22-12(14(16,17)18)24-13(23-11)15(19,20)21/h3-7H,1-2H3. The summed E-state index contributed by atoms with van der Waals surface area (Å²) in [4.78, 5) is 12.1. The second kappa shape index (κ2) is 8.55. The maximum Gasteiger partial charge on any atom is 0.250 e. The number of aromatic nitrogens is 3.